The fourth-order valence-corrected chi connectivity index (χ4v) is 12.3. The van der Waals surface area contributed by atoms with Crippen LogP contribution in [0, 0.1) is 0 Å². The van der Waals surface area contributed by atoms with Crippen molar-refractivity contribution in [3.63, 3.8) is 0 Å². The van der Waals surface area contributed by atoms with E-state index in [9.17, 15) is 0 Å². The van der Waals surface area contributed by atoms with E-state index in [0.717, 1.165) is 11.7 Å². The first kappa shape index (κ1) is 23.9. The molecule has 4 aromatic rings. The van der Waals surface area contributed by atoms with Crippen molar-refractivity contribution in [2.24, 2.45) is 0 Å². The Bertz CT molecular complexity index is 1080. The molecule has 0 amide bonds. The molecule has 1 saturated heterocycles. The molecule has 1 aliphatic heterocycles. The average Bonchev–Trinajstić information content (AvgIpc) is 3.43. The average molecular weight is 521 g/mol. The summed E-state index contributed by atoms with van der Waals surface area (Å²) in [6.07, 6.45) is 0.628. The van der Waals surface area contributed by atoms with Gasteiger partial charge in [-0.25, -0.2) is 0 Å². The molecular weight excluding hydrogens is 491 g/mol. The van der Waals surface area contributed by atoms with Crippen molar-refractivity contribution in [2.75, 3.05) is 19.4 Å². The molecule has 5 rings (SSSR count). The number of rotatable bonds is 6. The first-order chi connectivity index (χ1) is 15.8. The summed E-state index contributed by atoms with van der Waals surface area (Å²) < 4.78 is 12.1. The molecule has 2 nitrogen and oxygen atoms in total. The van der Waals surface area contributed by atoms with Crippen LogP contribution in [0.1, 0.15) is 18.8 Å². The summed E-state index contributed by atoms with van der Waals surface area (Å²) in [5.74, 6) is 0. The van der Waals surface area contributed by atoms with E-state index in [1.165, 1.54) is 21.2 Å². The molecule has 1 heterocycles. The molecule has 0 radical (unpaired) electrons. The van der Waals surface area contributed by atoms with Gasteiger partial charge in [-0.05, 0) is 0 Å². The van der Waals surface area contributed by atoms with E-state index < -0.39 is 6.60 Å². The van der Waals surface area contributed by atoms with Gasteiger partial charge in [0.05, 0.1) is 0 Å². The second-order valence-corrected chi connectivity index (χ2v) is 13.5. The Morgan fingerprint density at radius 1 is 0.606 bits per heavy atom. The molecular formula is C29H30BrO2P. The molecule has 4 heteroatoms. The van der Waals surface area contributed by atoms with Gasteiger partial charge in [0.25, 0.3) is 0 Å². The molecule has 1 fully saturated rings. The van der Waals surface area contributed by atoms with Crippen LogP contribution in [0.2, 0.25) is 0 Å². The third kappa shape index (κ3) is 3.59. The molecule has 33 heavy (non-hydrogen) atoms. The number of benzene rings is 4. The second-order valence-electron chi connectivity index (χ2n) is 8.26. The number of ether oxygens (including phenoxy) is 2. The topological polar surface area (TPSA) is 18.5 Å². The van der Waals surface area contributed by atoms with E-state index in [0.29, 0.717) is 13.2 Å². The quantitative estimate of drug-likeness (QED) is 0.313. The van der Waals surface area contributed by atoms with Gasteiger partial charge in [-0.3, -0.25) is 0 Å². The van der Waals surface area contributed by atoms with Crippen molar-refractivity contribution in [1.82, 2.24) is 0 Å². The zero-order valence-corrected chi connectivity index (χ0v) is 21.4. The summed E-state index contributed by atoms with van der Waals surface area (Å²) >= 11 is 0. The van der Waals surface area contributed by atoms with Gasteiger partial charge in [0.15, 0.2) is 0 Å². The molecule has 0 saturated carbocycles. The zero-order valence-electron chi connectivity index (χ0n) is 18.8. The summed E-state index contributed by atoms with van der Waals surface area (Å²) in [5.41, 5.74) is 1.14. The Hall–Kier alpha value is -2.29. The zero-order chi connectivity index (χ0) is 21.9. The van der Waals surface area contributed by atoms with Crippen LogP contribution in [-0.2, 0) is 9.47 Å². The fraction of sp³-hybridized carbons (Fsp3) is 0.172. The van der Waals surface area contributed by atoms with E-state index in [1.54, 1.807) is 0 Å². The predicted molar refractivity (Wildman–Crippen MR) is 147 cm³/mol. The Morgan fingerprint density at radius 3 is 1.42 bits per heavy atom. The molecule has 0 spiro atoms. The van der Waals surface area contributed by atoms with Crippen LogP contribution in [0.15, 0.2) is 115 Å². The van der Waals surface area contributed by atoms with Crippen molar-refractivity contribution in [2.45, 2.75) is 13.2 Å². The maximum atomic E-state index is 6.07. The molecule has 0 aromatic heterocycles. The van der Waals surface area contributed by atoms with Gasteiger partial charge in [-0.15, -0.1) is 17.0 Å². The van der Waals surface area contributed by atoms with Crippen LogP contribution in [0.3, 0.4) is 0 Å². The van der Waals surface area contributed by atoms with Crippen LogP contribution >= 0.6 is 23.6 Å². The molecule has 0 N–H and O–H groups in total. The van der Waals surface area contributed by atoms with Crippen molar-refractivity contribution in [3.8, 4) is 0 Å². The standard InChI is InChI=1S/C29H29O2P.BrH/c1-2-32(24-14-6-3-7-15-24,25-16-8-4-9-17-25,26-18-10-5-11-19-26)28-21-13-12-20-27(28)29-30-22-23-31-29;/h3-21,29H,2,22-23H2,1H3;1H. The van der Waals surface area contributed by atoms with Crippen LogP contribution in [0.5, 0.6) is 0 Å². The summed E-state index contributed by atoms with van der Waals surface area (Å²) in [6, 6.07) is 42.0. The Balaban J connectivity index is 0.00000259. The van der Waals surface area contributed by atoms with Gasteiger partial charge < -0.3 is 0 Å². The van der Waals surface area contributed by atoms with Crippen molar-refractivity contribution in [1.29, 1.82) is 0 Å². The van der Waals surface area contributed by atoms with E-state index in [1.807, 2.05) is 0 Å². The normalized spacial score (nSPS) is 15.4. The van der Waals surface area contributed by atoms with E-state index in [-0.39, 0.29) is 23.3 Å². The second kappa shape index (κ2) is 9.91. The predicted octanol–water partition coefficient (Wildman–Crippen LogP) is 5.48. The minimum absolute atomic E-state index is 0. The monoisotopic (exact) mass is 520 g/mol. The van der Waals surface area contributed by atoms with Gasteiger partial charge in [0, 0.05) is 0 Å². The van der Waals surface area contributed by atoms with E-state index in [4.69, 9.17) is 9.47 Å². The molecule has 1 aliphatic rings. The third-order valence-electron chi connectivity index (χ3n) is 6.95. The Kier molecular flexibility index (Phi) is 7.16. The Labute approximate surface area is 207 Å². The van der Waals surface area contributed by atoms with Gasteiger partial charge in [0.2, 0.25) is 0 Å². The van der Waals surface area contributed by atoms with Crippen LogP contribution < -0.4 is 21.2 Å². The molecule has 0 bridgehead atoms. The third-order valence-corrected chi connectivity index (χ3v) is 14.0. The van der Waals surface area contributed by atoms with Gasteiger partial charge >= 0.3 is 191 Å². The summed E-state index contributed by atoms with van der Waals surface area (Å²) in [7, 11) is 0. The summed E-state index contributed by atoms with van der Waals surface area (Å²) in [6.45, 7) is 0.477. The summed E-state index contributed by atoms with van der Waals surface area (Å²) in [4.78, 5) is 0. The van der Waals surface area contributed by atoms with Gasteiger partial charge in [-0.2, -0.15) is 0 Å². The van der Waals surface area contributed by atoms with E-state index in [2.05, 4.69) is 122 Å². The number of halogens is 1. The number of hydrogen-bond acceptors (Lipinski definition) is 2. The van der Waals surface area contributed by atoms with Crippen molar-refractivity contribution < 1.29 is 9.47 Å². The molecule has 0 unspecified atom stereocenters. The van der Waals surface area contributed by atoms with Crippen LogP contribution in [0.4, 0.5) is 0 Å². The van der Waals surface area contributed by atoms with Crippen LogP contribution in [0.25, 0.3) is 0 Å². The molecule has 0 atom stereocenters. The SMILES string of the molecule is Br.CCP(c1ccccc1)(c1ccccc1)(c1ccccc1)c1ccccc1C1OCCO1. The van der Waals surface area contributed by atoms with Crippen molar-refractivity contribution >= 4 is 44.8 Å². The first-order valence-corrected chi connectivity index (χ1v) is 13.7. The van der Waals surface area contributed by atoms with E-state index >= 15 is 0 Å². The minimum atomic E-state index is -3.12. The van der Waals surface area contributed by atoms with Gasteiger partial charge in [-0.1, -0.05) is 0 Å². The van der Waals surface area contributed by atoms with Crippen LogP contribution in [-0.4, -0.2) is 19.4 Å². The molecule has 170 valence electrons. The fourth-order valence-electron chi connectivity index (χ4n) is 5.53. The van der Waals surface area contributed by atoms with Gasteiger partial charge in [0.1, 0.15) is 0 Å². The molecule has 0 aliphatic carbocycles. The van der Waals surface area contributed by atoms with Crippen molar-refractivity contribution in [3.05, 3.63) is 121 Å². The first-order valence-electron chi connectivity index (χ1n) is 11.3. The molecule has 4 aromatic carbocycles. The number of hydrogen-bond donors (Lipinski definition) is 0. The summed E-state index contributed by atoms with van der Waals surface area (Å²) in [5, 5.41) is 5.42. The Morgan fingerprint density at radius 2 is 1.00 bits per heavy atom. The maximum absolute atomic E-state index is 6.07.